The lowest BCUT2D eigenvalue weighted by Crippen LogP contribution is -2.42. The second kappa shape index (κ2) is 8.45. The summed E-state index contributed by atoms with van der Waals surface area (Å²) >= 11 is 0. The molecule has 0 radical (unpaired) electrons. The fourth-order valence-corrected chi connectivity index (χ4v) is 4.15. The van der Waals surface area contributed by atoms with Gasteiger partial charge in [0.25, 0.3) is 0 Å². The van der Waals surface area contributed by atoms with Crippen LogP contribution in [0.1, 0.15) is 25.0 Å². The minimum atomic E-state index is -5.90. The third-order valence-corrected chi connectivity index (χ3v) is 5.85. The van der Waals surface area contributed by atoms with Crippen molar-refractivity contribution in [1.29, 1.82) is 0 Å². The van der Waals surface area contributed by atoms with E-state index in [0.29, 0.717) is 11.1 Å². The molecule has 0 spiro atoms. The number of hydrogen-bond donors (Lipinski definition) is 0. The molecule has 0 saturated heterocycles. The van der Waals surface area contributed by atoms with Crippen molar-refractivity contribution in [3.05, 3.63) is 96.8 Å². The second-order valence-electron chi connectivity index (χ2n) is 6.95. The molecular formula is C22H23F3O3S. The zero-order chi connectivity index (χ0) is 21.9. The van der Waals surface area contributed by atoms with E-state index in [0.717, 1.165) is 0 Å². The van der Waals surface area contributed by atoms with Crippen molar-refractivity contribution in [3.8, 4) is 0 Å². The molecule has 0 saturated carbocycles. The third kappa shape index (κ3) is 4.24. The molecule has 156 valence electrons. The summed E-state index contributed by atoms with van der Waals surface area (Å²) in [6.07, 6.45) is 1.60. The Morgan fingerprint density at radius 3 is 1.69 bits per heavy atom. The number of rotatable bonds is 8. The smallest absolute Gasteiger partial charge is 0.380 e. The Morgan fingerprint density at radius 2 is 1.38 bits per heavy atom. The maximum absolute atomic E-state index is 13.1. The van der Waals surface area contributed by atoms with Gasteiger partial charge in [0, 0.05) is 0 Å². The van der Waals surface area contributed by atoms with E-state index < -0.39 is 32.7 Å². The molecule has 0 aromatic heterocycles. The average molecular weight is 424 g/mol. The Labute approximate surface area is 169 Å². The van der Waals surface area contributed by atoms with Crippen LogP contribution in [0.3, 0.4) is 0 Å². The molecule has 2 aromatic carbocycles. The molecule has 0 heterocycles. The molecule has 0 bridgehead atoms. The van der Waals surface area contributed by atoms with Gasteiger partial charge >= 0.3 is 15.6 Å². The van der Waals surface area contributed by atoms with Crippen molar-refractivity contribution in [3.63, 3.8) is 0 Å². The summed E-state index contributed by atoms with van der Waals surface area (Å²) < 4.78 is 67.4. The first-order valence-electron chi connectivity index (χ1n) is 8.92. The molecule has 0 fully saturated rings. The molecule has 1 unspecified atom stereocenters. The van der Waals surface area contributed by atoms with Gasteiger partial charge in [-0.25, -0.2) is 0 Å². The summed E-state index contributed by atoms with van der Waals surface area (Å²) in [4.78, 5) is 0. The highest BCUT2D eigenvalue weighted by Gasteiger charge is 2.53. The summed E-state index contributed by atoms with van der Waals surface area (Å²) in [5.41, 5.74) is -5.88. The van der Waals surface area contributed by atoms with Gasteiger partial charge in [-0.05, 0) is 23.0 Å². The summed E-state index contributed by atoms with van der Waals surface area (Å²) in [6, 6.07) is 17.2. The van der Waals surface area contributed by atoms with Crippen LogP contribution < -0.4 is 0 Å². The molecule has 0 amide bonds. The SMILES string of the molecule is C=CC(C(C)C)C(C(=C)OS(=O)(=O)C(F)(F)F)(c1ccccc1)c1ccccc1. The van der Waals surface area contributed by atoms with Crippen molar-refractivity contribution in [2.24, 2.45) is 11.8 Å². The van der Waals surface area contributed by atoms with E-state index in [2.05, 4.69) is 17.3 Å². The maximum Gasteiger partial charge on any atom is 0.534 e. The van der Waals surface area contributed by atoms with Crippen LogP contribution in [0.2, 0.25) is 0 Å². The Kier molecular flexibility index (Phi) is 6.63. The van der Waals surface area contributed by atoms with Crippen molar-refractivity contribution >= 4 is 10.1 Å². The Balaban J connectivity index is 2.86. The summed E-state index contributed by atoms with van der Waals surface area (Å²) in [5, 5.41) is 0. The summed E-state index contributed by atoms with van der Waals surface area (Å²) in [5.74, 6) is -1.17. The predicted molar refractivity (Wildman–Crippen MR) is 107 cm³/mol. The Morgan fingerprint density at radius 1 is 0.966 bits per heavy atom. The van der Waals surface area contributed by atoms with Gasteiger partial charge in [-0.3, -0.25) is 0 Å². The average Bonchev–Trinajstić information content (AvgIpc) is 2.65. The molecule has 0 aliphatic heterocycles. The van der Waals surface area contributed by atoms with Crippen LogP contribution in [-0.2, 0) is 19.7 Å². The fourth-order valence-electron chi connectivity index (χ4n) is 3.66. The monoisotopic (exact) mass is 424 g/mol. The normalized spacial score (nSPS) is 13.7. The van der Waals surface area contributed by atoms with Gasteiger partial charge in [-0.15, -0.1) is 6.58 Å². The first-order chi connectivity index (χ1) is 13.5. The highest BCUT2D eigenvalue weighted by molar-refractivity contribution is 7.87. The largest absolute Gasteiger partial charge is 0.534 e. The lowest BCUT2D eigenvalue weighted by Gasteiger charge is -2.43. The van der Waals surface area contributed by atoms with E-state index in [1.54, 1.807) is 66.7 Å². The van der Waals surface area contributed by atoms with Crippen LogP contribution in [-0.4, -0.2) is 13.9 Å². The van der Waals surface area contributed by atoms with Crippen molar-refractivity contribution < 1.29 is 25.8 Å². The molecule has 0 N–H and O–H groups in total. The highest BCUT2D eigenvalue weighted by Crippen LogP contribution is 2.49. The van der Waals surface area contributed by atoms with Crippen LogP contribution in [0.15, 0.2) is 85.7 Å². The standard InChI is InChI=1S/C22H23F3O3S/c1-5-20(16(2)3)21(18-12-8-6-9-13-18,19-14-10-7-11-15-19)17(4)28-29(26,27)22(23,24)25/h5-16,20H,1,4H2,2-3H3. The van der Waals surface area contributed by atoms with Crippen LogP contribution >= 0.6 is 0 Å². The van der Waals surface area contributed by atoms with Gasteiger partial charge in [-0.1, -0.05) is 87.2 Å². The number of allylic oxidation sites excluding steroid dienone is 2. The van der Waals surface area contributed by atoms with Crippen LogP contribution in [0.5, 0.6) is 0 Å². The minimum absolute atomic E-state index is 0.123. The summed E-state index contributed by atoms with van der Waals surface area (Å²) in [7, 11) is -5.90. The summed E-state index contributed by atoms with van der Waals surface area (Å²) in [6.45, 7) is 11.3. The zero-order valence-corrected chi connectivity index (χ0v) is 17.0. The van der Waals surface area contributed by atoms with Gasteiger partial charge in [0.1, 0.15) is 5.76 Å². The molecule has 1 atom stereocenters. The van der Waals surface area contributed by atoms with Gasteiger partial charge in [-0.2, -0.15) is 21.6 Å². The van der Waals surface area contributed by atoms with Gasteiger partial charge in [0.05, 0.1) is 5.41 Å². The zero-order valence-electron chi connectivity index (χ0n) is 16.2. The quantitative estimate of drug-likeness (QED) is 0.232. The van der Waals surface area contributed by atoms with E-state index >= 15 is 0 Å². The van der Waals surface area contributed by atoms with Crippen LogP contribution in [0.4, 0.5) is 13.2 Å². The first kappa shape index (κ1) is 22.7. The van der Waals surface area contributed by atoms with Crippen molar-refractivity contribution in [1.82, 2.24) is 0 Å². The van der Waals surface area contributed by atoms with E-state index in [1.165, 1.54) is 0 Å². The van der Waals surface area contributed by atoms with Crippen molar-refractivity contribution in [2.75, 3.05) is 0 Å². The lowest BCUT2D eigenvalue weighted by molar-refractivity contribution is -0.0529. The van der Waals surface area contributed by atoms with E-state index in [4.69, 9.17) is 0 Å². The molecule has 0 aliphatic carbocycles. The fraction of sp³-hybridized carbons (Fsp3) is 0.273. The first-order valence-corrected chi connectivity index (χ1v) is 10.3. The van der Waals surface area contributed by atoms with Crippen LogP contribution in [0, 0.1) is 11.8 Å². The van der Waals surface area contributed by atoms with Gasteiger partial charge < -0.3 is 4.18 Å². The molecular weight excluding hydrogens is 401 g/mol. The van der Waals surface area contributed by atoms with E-state index in [-0.39, 0.29) is 5.92 Å². The van der Waals surface area contributed by atoms with Gasteiger partial charge in [0.15, 0.2) is 0 Å². The Bertz CT molecular complexity index is 910. The maximum atomic E-state index is 13.1. The number of benzene rings is 2. The molecule has 2 rings (SSSR count). The number of hydrogen-bond acceptors (Lipinski definition) is 3. The van der Waals surface area contributed by atoms with E-state index in [1.807, 2.05) is 13.8 Å². The third-order valence-electron chi connectivity index (χ3n) is 4.86. The van der Waals surface area contributed by atoms with E-state index in [9.17, 15) is 21.6 Å². The molecule has 3 nitrogen and oxygen atoms in total. The van der Waals surface area contributed by atoms with Gasteiger partial charge in [0.2, 0.25) is 0 Å². The lowest BCUT2D eigenvalue weighted by atomic mass is 9.61. The van der Waals surface area contributed by atoms with Crippen molar-refractivity contribution in [2.45, 2.75) is 24.8 Å². The van der Waals surface area contributed by atoms with Crippen LogP contribution in [0.25, 0.3) is 0 Å². The number of halogens is 3. The highest BCUT2D eigenvalue weighted by atomic mass is 32.2. The minimum Gasteiger partial charge on any atom is -0.380 e. The molecule has 29 heavy (non-hydrogen) atoms. The number of alkyl halides is 3. The predicted octanol–water partition coefficient (Wildman–Crippen LogP) is 5.81. The topological polar surface area (TPSA) is 43.4 Å². The molecule has 0 aliphatic rings. The second-order valence-corrected chi connectivity index (χ2v) is 8.49. The molecule has 2 aromatic rings. The molecule has 7 heteroatoms. The Hall–Kier alpha value is -2.54.